The number of carbonyl (C=O) groups is 4. The molecule has 2 aromatic rings. The zero-order chi connectivity index (χ0) is 29.7. The summed E-state index contributed by atoms with van der Waals surface area (Å²) in [6.45, 7) is 0.179. The number of phenolic OH excluding ortho intramolecular Hbond substituents is 1. The molecule has 0 fully saturated rings. The number of aromatic nitrogens is 2. The number of aliphatic imine (C=N–C) groups is 1. The summed E-state index contributed by atoms with van der Waals surface area (Å²) in [7, 11) is 0. The van der Waals surface area contributed by atoms with Crippen molar-refractivity contribution in [3.8, 4) is 5.75 Å². The number of carboxylic acids is 1. The zero-order valence-corrected chi connectivity index (χ0v) is 22.5. The Morgan fingerprint density at radius 3 is 2.17 bits per heavy atom. The number of nitrogens with two attached hydrogens (primary N) is 3. The summed E-state index contributed by atoms with van der Waals surface area (Å²) in [6.07, 6.45) is 3.37. The van der Waals surface area contributed by atoms with E-state index in [2.05, 4.69) is 43.5 Å². The molecule has 1 aromatic carbocycles. The average Bonchev–Trinajstić information content (AvgIpc) is 3.42. The summed E-state index contributed by atoms with van der Waals surface area (Å²) in [4.78, 5) is 61.0. The number of phenols is 1. The standard InChI is InChI=1S/C24H35N9O6S/c25-16(8-13-3-5-15(34)6-4-13)20(35)32-18(9-14-10-28-12-30-14)21(36)33-19(11-40)22(37)31-17(23(38)39)2-1-7-29-24(26)27/h3-6,10,12,16-19,34,40H,1-2,7-9,11,25H2,(H,28,30)(H,31,37)(H,32,35)(H,33,36)(H,38,39)(H4,26,27,29). The molecule has 0 spiro atoms. The maximum absolute atomic E-state index is 13.2. The highest BCUT2D eigenvalue weighted by atomic mass is 32.1. The van der Waals surface area contributed by atoms with Gasteiger partial charge in [-0.15, -0.1) is 0 Å². The van der Waals surface area contributed by atoms with Crippen LogP contribution in [0.2, 0.25) is 0 Å². The molecule has 0 aliphatic carbocycles. The van der Waals surface area contributed by atoms with Gasteiger partial charge in [-0.2, -0.15) is 12.6 Å². The van der Waals surface area contributed by atoms with Gasteiger partial charge < -0.3 is 48.3 Å². The van der Waals surface area contributed by atoms with Gasteiger partial charge in [0.15, 0.2) is 5.96 Å². The Bertz CT molecular complexity index is 1160. The van der Waals surface area contributed by atoms with Crippen LogP contribution in [0.3, 0.4) is 0 Å². The predicted octanol–water partition coefficient (Wildman–Crippen LogP) is -2.25. The molecule has 15 nitrogen and oxygen atoms in total. The molecule has 2 rings (SSSR count). The van der Waals surface area contributed by atoms with E-state index in [-0.39, 0.29) is 49.7 Å². The zero-order valence-electron chi connectivity index (χ0n) is 21.6. The Hall–Kier alpha value is -4.31. The van der Waals surface area contributed by atoms with Gasteiger partial charge in [0, 0.05) is 30.6 Å². The first-order valence-electron chi connectivity index (χ1n) is 12.3. The number of hydrogen-bond donors (Lipinski definition) is 10. The van der Waals surface area contributed by atoms with E-state index in [1.807, 2.05) is 0 Å². The van der Waals surface area contributed by atoms with Gasteiger partial charge in [0.25, 0.3) is 0 Å². The maximum atomic E-state index is 13.2. The van der Waals surface area contributed by atoms with Crippen LogP contribution in [-0.4, -0.2) is 86.3 Å². The molecule has 1 heterocycles. The van der Waals surface area contributed by atoms with Crippen LogP contribution in [-0.2, 0) is 32.0 Å². The summed E-state index contributed by atoms with van der Waals surface area (Å²) in [5.41, 5.74) is 17.8. The number of benzene rings is 1. The van der Waals surface area contributed by atoms with Crippen LogP contribution in [0.25, 0.3) is 0 Å². The number of nitrogens with one attached hydrogen (secondary N) is 4. The summed E-state index contributed by atoms with van der Waals surface area (Å²) >= 11 is 4.12. The number of rotatable bonds is 16. The number of imidazole rings is 1. The third-order valence-electron chi connectivity index (χ3n) is 5.72. The molecule has 40 heavy (non-hydrogen) atoms. The molecule has 218 valence electrons. The molecule has 3 amide bonds. The van der Waals surface area contributed by atoms with Crippen molar-refractivity contribution in [2.75, 3.05) is 12.3 Å². The molecule has 0 saturated heterocycles. The van der Waals surface area contributed by atoms with Gasteiger partial charge in [0.1, 0.15) is 23.9 Å². The van der Waals surface area contributed by atoms with Crippen molar-refractivity contribution in [2.45, 2.75) is 49.9 Å². The molecular weight excluding hydrogens is 542 g/mol. The second-order valence-electron chi connectivity index (χ2n) is 8.91. The van der Waals surface area contributed by atoms with E-state index in [0.717, 1.165) is 0 Å². The molecule has 1 aromatic heterocycles. The molecule has 4 atom stereocenters. The number of guanidine groups is 1. The lowest BCUT2D eigenvalue weighted by molar-refractivity contribution is -0.142. The van der Waals surface area contributed by atoms with Gasteiger partial charge in [0.05, 0.1) is 12.4 Å². The van der Waals surface area contributed by atoms with E-state index in [4.69, 9.17) is 17.2 Å². The third-order valence-corrected chi connectivity index (χ3v) is 6.08. The monoisotopic (exact) mass is 577 g/mol. The van der Waals surface area contributed by atoms with Crippen LogP contribution in [0, 0.1) is 0 Å². The van der Waals surface area contributed by atoms with Gasteiger partial charge in [-0.25, -0.2) is 9.78 Å². The van der Waals surface area contributed by atoms with Gasteiger partial charge in [-0.1, -0.05) is 12.1 Å². The normalized spacial score (nSPS) is 13.8. The Morgan fingerprint density at radius 1 is 0.975 bits per heavy atom. The quantitative estimate of drug-likeness (QED) is 0.0443. The summed E-state index contributed by atoms with van der Waals surface area (Å²) in [6, 6.07) is 1.56. The van der Waals surface area contributed by atoms with Crippen LogP contribution >= 0.6 is 12.6 Å². The fourth-order valence-corrected chi connectivity index (χ4v) is 3.84. The number of aromatic hydroxyl groups is 1. The average molecular weight is 578 g/mol. The van der Waals surface area contributed by atoms with Gasteiger partial charge >= 0.3 is 5.97 Å². The van der Waals surface area contributed by atoms with Crippen molar-refractivity contribution in [3.63, 3.8) is 0 Å². The third kappa shape index (κ3) is 10.8. The maximum Gasteiger partial charge on any atom is 0.326 e. The molecule has 0 saturated carbocycles. The van der Waals surface area contributed by atoms with Crippen molar-refractivity contribution in [1.29, 1.82) is 0 Å². The van der Waals surface area contributed by atoms with Crippen molar-refractivity contribution in [3.05, 3.63) is 48.0 Å². The number of carboxylic acid groups (broad SMARTS) is 1. The number of thiol groups is 1. The Kier molecular flexibility index (Phi) is 12.7. The number of amides is 3. The summed E-state index contributed by atoms with van der Waals surface area (Å²) in [5, 5.41) is 26.4. The molecule has 0 aliphatic rings. The molecule has 12 N–H and O–H groups in total. The lowest BCUT2D eigenvalue weighted by atomic mass is 10.0. The van der Waals surface area contributed by atoms with E-state index in [9.17, 15) is 29.4 Å². The lowest BCUT2D eigenvalue weighted by Crippen LogP contribution is -2.58. The second-order valence-corrected chi connectivity index (χ2v) is 9.28. The number of aliphatic carboxylic acids is 1. The molecule has 0 aliphatic heterocycles. The highest BCUT2D eigenvalue weighted by Crippen LogP contribution is 2.11. The van der Waals surface area contributed by atoms with E-state index in [1.54, 1.807) is 12.1 Å². The minimum absolute atomic E-state index is 0.00690. The Morgan fingerprint density at radius 2 is 1.60 bits per heavy atom. The number of aromatic amines is 1. The Labute approximate surface area is 235 Å². The first kappa shape index (κ1) is 31.9. The first-order valence-corrected chi connectivity index (χ1v) is 12.9. The summed E-state index contributed by atoms with van der Waals surface area (Å²) < 4.78 is 0. The van der Waals surface area contributed by atoms with E-state index in [1.165, 1.54) is 24.7 Å². The van der Waals surface area contributed by atoms with Gasteiger partial charge in [-0.05, 0) is 37.0 Å². The predicted molar refractivity (Wildman–Crippen MR) is 149 cm³/mol. The van der Waals surface area contributed by atoms with E-state index < -0.39 is 47.9 Å². The molecule has 16 heteroatoms. The largest absolute Gasteiger partial charge is 0.508 e. The molecule has 4 unspecified atom stereocenters. The fraction of sp³-hybridized carbons (Fsp3) is 0.417. The lowest BCUT2D eigenvalue weighted by Gasteiger charge is -2.24. The second kappa shape index (κ2) is 15.9. The molecule has 0 bridgehead atoms. The van der Waals surface area contributed by atoms with Crippen molar-refractivity contribution < 1.29 is 29.4 Å². The van der Waals surface area contributed by atoms with E-state index >= 15 is 0 Å². The SMILES string of the molecule is NC(N)=NCCCC(NC(=O)C(CS)NC(=O)C(Cc1cnc[nH]1)NC(=O)C(N)Cc1ccc(O)cc1)C(=O)O. The number of carbonyl (C=O) groups excluding carboxylic acids is 3. The van der Waals surface area contributed by atoms with Crippen LogP contribution in [0.1, 0.15) is 24.1 Å². The number of nitrogens with zero attached hydrogens (tertiary/aromatic N) is 2. The van der Waals surface area contributed by atoms with Crippen molar-refractivity contribution >= 4 is 42.3 Å². The number of hydrogen-bond acceptors (Lipinski definition) is 9. The van der Waals surface area contributed by atoms with Gasteiger partial charge in [-0.3, -0.25) is 19.4 Å². The molecule has 0 radical (unpaired) electrons. The van der Waals surface area contributed by atoms with Crippen molar-refractivity contribution in [1.82, 2.24) is 25.9 Å². The van der Waals surface area contributed by atoms with Crippen LogP contribution in [0.4, 0.5) is 0 Å². The summed E-state index contributed by atoms with van der Waals surface area (Å²) in [5.74, 6) is -3.58. The number of H-pyrrole nitrogens is 1. The van der Waals surface area contributed by atoms with Crippen molar-refractivity contribution in [2.24, 2.45) is 22.2 Å². The minimum Gasteiger partial charge on any atom is -0.508 e. The first-order chi connectivity index (χ1) is 19.0. The minimum atomic E-state index is -1.27. The van der Waals surface area contributed by atoms with Gasteiger partial charge in [0.2, 0.25) is 17.7 Å². The highest BCUT2D eigenvalue weighted by molar-refractivity contribution is 7.80. The Balaban J connectivity index is 2.06. The fourth-order valence-electron chi connectivity index (χ4n) is 3.58. The van der Waals surface area contributed by atoms with E-state index in [0.29, 0.717) is 11.3 Å². The van der Waals surface area contributed by atoms with Crippen LogP contribution in [0.15, 0.2) is 41.8 Å². The van der Waals surface area contributed by atoms with Crippen LogP contribution in [0.5, 0.6) is 5.75 Å². The van der Waals surface area contributed by atoms with Crippen LogP contribution < -0.4 is 33.2 Å². The smallest absolute Gasteiger partial charge is 0.326 e. The molecular formula is C24H35N9O6S. The highest BCUT2D eigenvalue weighted by Gasteiger charge is 2.30. The topological polar surface area (TPSA) is 264 Å².